The standard InChI is InChI=1S/C9H7.Cs/c1-2-5-9-7-3-6-8(9)4-1;/h1-7H;/q-1;+1. The maximum atomic E-state index is 2.12. The van der Waals surface area contributed by atoms with Gasteiger partial charge in [0.2, 0.25) is 0 Å². The smallest absolute Gasteiger partial charge is 0.168 e. The van der Waals surface area contributed by atoms with Crippen LogP contribution in [-0.4, -0.2) is 0 Å². The molecule has 2 rings (SSSR count). The molecular weight excluding hydrogens is 241 g/mol. The summed E-state index contributed by atoms with van der Waals surface area (Å²) >= 11 is 0. The van der Waals surface area contributed by atoms with Crippen LogP contribution in [0.4, 0.5) is 0 Å². The molecule has 0 aliphatic heterocycles. The van der Waals surface area contributed by atoms with Crippen molar-refractivity contribution in [2.24, 2.45) is 0 Å². The molecule has 0 saturated heterocycles. The zero-order valence-electron chi connectivity index (χ0n) is 6.04. The van der Waals surface area contributed by atoms with E-state index in [1.165, 1.54) is 10.8 Å². The zero-order valence-corrected chi connectivity index (χ0v) is 12.3. The molecule has 0 fully saturated rings. The first kappa shape index (κ1) is 8.97. The van der Waals surface area contributed by atoms with Crippen LogP contribution in [0.1, 0.15) is 0 Å². The Kier molecular flexibility index (Phi) is 3.63. The predicted octanol–water partition coefficient (Wildman–Crippen LogP) is -0.437. The van der Waals surface area contributed by atoms with Gasteiger partial charge in [-0.15, -0.1) is 29.7 Å². The first-order valence-corrected chi connectivity index (χ1v) is 3.07. The molecule has 0 aromatic heterocycles. The van der Waals surface area contributed by atoms with Gasteiger partial charge in [0.05, 0.1) is 0 Å². The van der Waals surface area contributed by atoms with E-state index >= 15 is 0 Å². The van der Waals surface area contributed by atoms with Gasteiger partial charge in [0.25, 0.3) is 0 Å². The molecule has 0 unspecified atom stereocenters. The summed E-state index contributed by atoms with van der Waals surface area (Å²) in [6, 6.07) is 14.7. The maximum absolute atomic E-state index is 2.12. The van der Waals surface area contributed by atoms with Crippen LogP contribution in [0.25, 0.3) is 10.8 Å². The van der Waals surface area contributed by atoms with Gasteiger partial charge < -0.3 is 0 Å². The Bertz CT molecular complexity index is 279. The SMILES string of the molecule is [Cs+].c1ccc2[cH-]ccc2c1. The Labute approximate surface area is 119 Å². The summed E-state index contributed by atoms with van der Waals surface area (Å²) in [7, 11) is 0. The molecular formula is C9H7Cs. The predicted molar refractivity (Wildman–Crippen MR) is 39.5 cm³/mol. The van der Waals surface area contributed by atoms with Crippen LogP contribution >= 0.6 is 0 Å². The minimum Gasteiger partial charge on any atom is -0.168 e. The van der Waals surface area contributed by atoms with Gasteiger partial charge in [0.15, 0.2) is 0 Å². The molecule has 0 N–H and O–H groups in total. The largest absolute Gasteiger partial charge is 1.00 e. The molecule has 0 bridgehead atoms. The monoisotopic (exact) mass is 248 g/mol. The molecule has 2 aromatic rings. The number of rotatable bonds is 0. The summed E-state index contributed by atoms with van der Waals surface area (Å²) in [6.07, 6.45) is 0. The summed E-state index contributed by atoms with van der Waals surface area (Å²) in [5, 5.41) is 2.66. The van der Waals surface area contributed by atoms with Gasteiger partial charge in [0, 0.05) is 0 Å². The van der Waals surface area contributed by atoms with Gasteiger partial charge in [-0.2, -0.15) is 17.5 Å². The number of hydrogen-bond acceptors (Lipinski definition) is 0. The van der Waals surface area contributed by atoms with Crippen LogP contribution < -0.4 is 68.9 Å². The number of fused-ring (bicyclic) bond motifs is 1. The maximum Gasteiger partial charge on any atom is 1.00 e. The van der Waals surface area contributed by atoms with E-state index in [0.29, 0.717) is 0 Å². The molecule has 1 heteroatoms. The third kappa shape index (κ3) is 1.73. The number of hydrogen-bond donors (Lipinski definition) is 0. The van der Waals surface area contributed by atoms with Gasteiger partial charge >= 0.3 is 68.9 Å². The minimum absolute atomic E-state index is 0. The summed E-state index contributed by atoms with van der Waals surface area (Å²) in [5.41, 5.74) is 0. The van der Waals surface area contributed by atoms with Gasteiger partial charge in [-0.25, -0.2) is 0 Å². The van der Waals surface area contributed by atoms with E-state index < -0.39 is 0 Å². The Balaban J connectivity index is 0.000000500. The van der Waals surface area contributed by atoms with Crippen LogP contribution in [0.2, 0.25) is 0 Å². The first-order valence-electron chi connectivity index (χ1n) is 3.07. The van der Waals surface area contributed by atoms with Crippen molar-refractivity contribution in [3.8, 4) is 0 Å². The van der Waals surface area contributed by atoms with Crippen LogP contribution in [0.15, 0.2) is 42.5 Å². The van der Waals surface area contributed by atoms with Crippen molar-refractivity contribution in [3.05, 3.63) is 42.5 Å². The fourth-order valence-corrected chi connectivity index (χ4v) is 1.07. The Morgan fingerprint density at radius 3 is 2.60 bits per heavy atom. The van der Waals surface area contributed by atoms with Crippen molar-refractivity contribution in [1.82, 2.24) is 0 Å². The van der Waals surface area contributed by atoms with E-state index in [4.69, 9.17) is 0 Å². The van der Waals surface area contributed by atoms with Gasteiger partial charge in [-0.3, -0.25) is 0 Å². The van der Waals surface area contributed by atoms with E-state index in [-0.39, 0.29) is 68.9 Å². The van der Waals surface area contributed by atoms with Crippen molar-refractivity contribution < 1.29 is 68.9 Å². The molecule has 44 valence electrons. The average Bonchev–Trinajstić information content (AvgIpc) is 2.33. The minimum atomic E-state index is 0. The topological polar surface area (TPSA) is 0 Å². The van der Waals surface area contributed by atoms with Crippen molar-refractivity contribution >= 4 is 10.8 Å². The zero-order chi connectivity index (χ0) is 6.10. The number of benzene rings is 1. The van der Waals surface area contributed by atoms with E-state index in [1.54, 1.807) is 0 Å². The molecule has 0 radical (unpaired) electrons. The molecule has 0 amide bonds. The van der Waals surface area contributed by atoms with E-state index in [2.05, 4.69) is 42.5 Å². The van der Waals surface area contributed by atoms with Crippen LogP contribution in [0.3, 0.4) is 0 Å². The fraction of sp³-hybridized carbons (Fsp3) is 0. The van der Waals surface area contributed by atoms with Gasteiger partial charge in [0.1, 0.15) is 0 Å². The second-order valence-corrected chi connectivity index (χ2v) is 2.15. The van der Waals surface area contributed by atoms with Crippen LogP contribution in [-0.2, 0) is 0 Å². The average molecular weight is 248 g/mol. The molecule has 2 aromatic carbocycles. The molecule has 0 saturated carbocycles. The quantitative estimate of drug-likeness (QED) is 0.555. The molecule has 0 aliphatic rings. The fourth-order valence-electron chi connectivity index (χ4n) is 1.07. The first-order chi connectivity index (χ1) is 4.47. The van der Waals surface area contributed by atoms with Crippen LogP contribution in [0, 0.1) is 0 Å². The third-order valence-corrected chi connectivity index (χ3v) is 1.55. The molecule has 0 aliphatic carbocycles. The van der Waals surface area contributed by atoms with Gasteiger partial charge in [-0.05, 0) is 0 Å². The Morgan fingerprint density at radius 1 is 1.00 bits per heavy atom. The molecule has 0 heterocycles. The normalized spacial score (nSPS) is 9.20. The van der Waals surface area contributed by atoms with Crippen molar-refractivity contribution in [2.75, 3.05) is 0 Å². The molecule has 0 nitrogen and oxygen atoms in total. The molecule has 0 spiro atoms. The summed E-state index contributed by atoms with van der Waals surface area (Å²) in [5.74, 6) is 0. The van der Waals surface area contributed by atoms with Crippen molar-refractivity contribution in [1.29, 1.82) is 0 Å². The summed E-state index contributed by atoms with van der Waals surface area (Å²) in [6.45, 7) is 0. The molecule has 10 heavy (non-hydrogen) atoms. The van der Waals surface area contributed by atoms with Crippen molar-refractivity contribution in [2.45, 2.75) is 0 Å². The van der Waals surface area contributed by atoms with E-state index in [0.717, 1.165) is 0 Å². The summed E-state index contributed by atoms with van der Waals surface area (Å²) in [4.78, 5) is 0. The van der Waals surface area contributed by atoms with Gasteiger partial charge in [-0.1, -0.05) is 6.07 Å². The summed E-state index contributed by atoms with van der Waals surface area (Å²) < 4.78 is 0. The second kappa shape index (κ2) is 4.05. The molecule has 0 atom stereocenters. The van der Waals surface area contributed by atoms with Crippen LogP contribution in [0.5, 0.6) is 0 Å². The Hall–Kier alpha value is 0.882. The van der Waals surface area contributed by atoms with E-state index in [9.17, 15) is 0 Å². The second-order valence-electron chi connectivity index (χ2n) is 2.15. The third-order valence-electron chi connectivity index (χ3n) is 1.55. The Morgan fingerprint density at radius 2 is 1.80 bits per heavy atom. The van der Waals surface area contributed by atoms with Crippen molar-refractivity contribution in [3.63, 3.8) is 0 Å². The van der Waals surface area contributed by atoms with E-state index in [1.807, 2.05) is 0 Å².